The molecule has 0 radical (unpaired) electrons. The molecule has 1 aromatic carbocycles. The summed E-state index contributed by atoms with van der Waals surface area (Å²) < 4.78 is 14.1. The number of aryl methyl sites for hydroxylation is 2. The first-order valence-electron chi connectivity index (χ1n) is 3.59. The highest BCUT2D eigenvalue weighted by atomic mass is 79.9. The van der Waals surface area contributed by atoms with Crippen LogP contribution in [0.5, 0.6) is 0 Å². The third-order valence-electron chi connectivity index (χ3n) is 1.68. The third-order valence-corrected chi connectivity index (χ3v) is 2.13. The minimum Gasteiger partial charge on any atom is -0.206 e. The van der Waals surface area contributed by atoms with E-state index in [0.29, 0.717) is 5.56 Å². The third kappa shape index (κ3) is 1.80. The minimum atomic E-state index is -0.0734. The summed E-state index contributed by atoms with van der Waals surface area (Å²) in [7, 11) is 0. The normalized spacial score (nSPS) is 10.2. The van der Waals surface area contributed by atoms with E-state index in [2.05, 4.69) is 15.9 Å². The number of benzene rings is 1. The van der Waals surface area contributed by atoms with Gasteiger partial charge < -0.3 is 0 Å². The fourth-order valence-corrected chi connectivity index (χ4v) is 1.67. The molecular formula is C9H10BrF. The van der Waals surface area contributed by atoms with Gasteiger partial charge in [0.05, 0.1) is 0 Å². The van der Waals surface area contributed by atoms with Crippen LogP contribution in [0.15, 0.2) is 16.6 Å². The van der Waals surface area contributed by atoms with Crippen LogP contribution in [0.2, 0.25) is 0 Å². The van der Waals surface area contributed by atoms with Gasteiger partial charge in [-0.05, 0) is 36.6 Å². The van der Waals surface area contributed by atoms with Crippen molar-refractivity contribution in [2.24, 2.45) is 0 Å². The van der Waals surface area contributed by atoms with Crippen LogP contribution in [0.3, 0.4) is 0 Å². The molecule has 0 bridgehead atoms. The molecule has 0 aliphatic carbocycles. The molecule has 0 nitrogen and oxygen atoms in total. The molecule has 0 saturated heterocycles. The van der Waals surface area contributed by atoms with Crippen LogP contribution in [-0.4, -0.2) is 0 Å². The molecule has 0 atom stereocenters. The van der Waals surface area contributed by atoms with Gasteiger partial charge in [-0.25, -0.2) is 4.39 Å². The van der Waals surface area contributed by atoms with Crippen molar-refractivity contribution < 1.29 is 4.39 Å². The summed E-state index contributed by atoms with van der Waals surface area (Å²) in [6.07, 6.45) is 0.742. The lowest BCUT2D eigenvalue weighted by Gasteiger charge is -2.03. The number of rotatable bonds is 1. The van der Waals surface area contributed by atoms with Crippen LogP contribution < -0.4 is 0 Å². The Labute approximate surface area is 74.6 Å². The Hall–Kier alpha value is -0.370. The van der Waals surface area contributed by atoms with E-state index in [1.165, 1.54) is 0 Å². The Morgan fingerprint density at radius 1 is 1.45 bits per heavy atom. The van der Waals surface area contributed by atoms with Gasteiger partial charge in [-0.2, -0.15) is 0 Å². The zero-order valence-electron chi connectivity index (χ0n) is 6.62. The fourth-order valence-electron chi connectivity index (χ4n) is 1.05. The summed E-state index contributed by atoms with van der Waals surface area (Å²) in [5.41, 5.74) is 1.48. The average molecular weight is 217 g/mol. The van der Waals surface area contributed by atoms with Crippen molar-refractivity contribution in [2.45, 2.75) is 20.3 Å². The zero-order chi connectivity index (χ0) is 8.43. The van der Waals surface area contributed by atoms with Crippen molar-refractivity contribution in [3.05, 3.63) is 33.5 Å². The molecule has 60 valence electrons. The van der Waals surface area contributed by atoms with E-state index in [1.807, 2.05) is 13.0 Å². The Bertz CT molecular complexity index is 269. The van der Waals surface area contributed by atoms with Crippen LogP contribution in [0.1, 0.15) is 18.1 Å². The summed E-state index contributed by atoms with van der Waals surface area (Å²) in [5.74, 6) is -0.0734. The van der Waals surface area contributed by atoms with Crippen molar-refractivity contribution in [1.29, 1.82) is 0 Å². The van der Waals surface area contributed by atoms with Crippen LogP contribution in [0, 0.1) is 12.7 Å². The van der Waals surface area contributed by atoms with Crippen molar-refractivity contribution >= 4 is 15.9 Å². The summed E-state index contributed by atoms with van der Waals surface area (Å²) in [4.78, 5) is 0. The lowest BCUT2D eigenvalue weighted by atomic mass is 10.1. The predicted octanol–water partition coefficient (Wildman–Crippen LogP) is 3.46. The summed E-state index contributed by atoms with van der Waals surface area (Å²) in [6, 6.07) is 3.61. The molecule has 0 aliphatic heterocycles. The van der Waals surface area contributed by atoms with Crippen LogP contribution >= 0.6 is 15.9 Å². The first kappa shape index (κ1) is 8.72. The van der Waals surface area contributed by atoms with Crippen molar-refractivity contribution in [3.63, 3.8) is 0 Å². The van der Waals surface area contributed by atoms with Crippen LogP contribution in [0.25, 0.3) is 0 Å². The lowest BCUT2D eigenvalue weighted by molar-refractivity contribution is 0.602. The van der Waals surface area contributed by atoms with Crippen molar-refractivity contribution in [2.75, 3.05) is 0 Å². The smallest absolute Gasteiger partial charge is 0.129 e. The van der Waals surface area contributed by atoms with Gasteiger partial charge in [0, 0.05) is 4.47 Å². The summed E-state index contributed by atoms with van der Waals surface area (Å²) in [5, 5.41) is 0. The largest absolute Gasteiger partial charge is 0.206 e. The summed E-state index contributed by atoms with van der Waals surface area (Å²) >= 11 is 3.32. The molecular weight excluding hydrogens is 207 g/mol. The van der Waals surface area contributed by atoms with E-state index in [4.69, 9.17) is 0 Å². The molecule has 11 heavy (non-hydrogen) atoms. The highest BCUT2D eigenvalue weighted by Crippen LogP contribution is 2.19. The molecule has 0 aromatic heterocycles. The van der Waals surface area contributed by atoms with Gasteiger partial charge in [0.1, 0.15) is 5.82 Å². The Morgan fingerprint density at radius 2 is 2.09 bits per heavy atom. The maximum atomic E-state index is 13.2. The molecule has 0 spiro atoms. The predicted molar refractivity (Wildman–Crippen MR) is 48.2 cm³/mol. The van der Waals surface area contributed by atoms with E-state index < -0.39 is 0 Å². The highest BCUT2D eigenvalue weighted by molar-refractivity contribution is 9.10. The van der Waals surface area contributed by atoms with Crippen LogP contribution in [-0.2, 0) is 6.42 Å². The second kappa shape index (κ2) is 3.35. The first-order chi connectivity index (χ1) is 5.15. The Morgan fingerprint density at radius 3 is 2.64 bits per heavy atom. The summed E-state index contributed by atoms with van der Waals surface area (Å²) in [6.45, 7) is 3.73. The molecule has 0 unspecified atom stereocenters. The van der Waals surface area contributed by atoms with Crippen molar-refractivity contribution in [1.82, 2.24) is 0 Å². The van der Waals surface area contributed by atoms with Crippen molar-refractivity contribution in [3.8, 4) is 0 Å². The number of halogens is 2. The van der Waals surface area contributed by atoms with Gasteiger partial charge in [0.25, 0.3) is 0 Å². The SMILES string of the molecule is CCc1cc(Br)cc(C)c1F. The second-order valence-corrected chi connectivity index (χ2v) is 3.47. The van der Waals surface area contributed by atoms with E-state index in [-0.39, 0.29) is 5.82 Å². The van der Waals surface area contributed by atoms with Gasteiger partial charge in [-0.3, -0.25) is 0 Å². The molecule has 0 N–H and O–H groups in total. The Balaban J connectivity index is 3.24. The van der Waals surface area contributed by atoms with E-state index in [0.717, 1.165) is 16.5 Å². The van der Waals surface area contributed by atoms with E-state index in [9.17, 15) is 4.39 Å². The van der Waals surface area contributed by atoms with Crippen LogP contribution in [0.4, 0.5) is 4.39 Å². The minimum absolute atomic E-state index is 0.0734. The first-order valence-corrected chi connectivity index (χ1v) is 4.39. The number of hydrogen-bond donors (Lipinski definition) is 0. The molecule has 1 rings (SSSR count). The second-order valence-electron chi connectivity index (χ2n) is 2.55. The molecule has 0 amide bonds. The van der Waals surface area contributed by atoms with Gasteiger partial charge >= 0.3 is 0 Å². The fraction of sp³-hybridized carbons (Fsp3) is 0.333. The maximum Gasteiger partial charge on any atom is 0.129 e. The topological polar surface area (TPSA) is 0 Å². The molecule has 0 saturated carbocycles. The number of hydrogen-bond acceptors (Lipinski definition) is 0. The molecule has 0 heterocycles. The van der Waals surface area contributed by atoms with Gasteiger partial charge in [0.15, 0.2) is 0 Å². The van der Waals surface area contributed by atoms with Gasteiger partial charge in [-0.15, -0.1) is 0 Å². The molecule has 0 aliphatic rings. The molecule has 2 heteroatoms. The average Bonchev–Trinajstić information content (AvgIpc) is 1.96. The Kier molecular flexibility index (Phi) is 2.66. The lowest BCUT2D eigenvalue weighted by Crippen LogP contribution is -1.91. The highest BCUT2D eigenvalue weighted by Gasteiger charge is 2.03. The monoisotopic (exact) mass is 216 g/mol. The standard InChI is InChI=1S/C9H10BrF/c1-3-7-5-8(10)4-6(2)9(7)11/h4-5H,3H2,1-2H3. The van der Waals surface area contributed by atoms with Gasteiger partial charge in [0.2, 0.25) is 0 Å². The zero-order valence-corrected chi connectivity index (χ0v) is 8.20. The van der Waals surface area contributed by atoms with E-state index >= 15 is 0 Å². The van der Waals surface area contributed by atoms with Gasteiger partial charge in [-0.1, -0.05) is 22.9 Å². The maximum absolute atomic E-state index is 13.2. The van der Waals surface area contributed by atoms with E-state index in [1.54, 1.807) is 13.0 Å². The molecule has 1 aromatic rings. The molecule has 0 fully saturated rings. The quantitative estimate of drug-likeness (QED) is 0.675.